The second-order valence-electron chi connectivity index (χ2n) is 4.35. The van der Waals surface area contributed by atoms with Crippen molar-refractivity contribution < 1.29 is 9.59 Å². The average Bonchev–Trinajstić information content (AvgIpc) is 2.81. The van der Waals surface area contributed by atoms with Crippen LogP contribution < -0.4 is 21.9 Å². The third-order valence-electron chi connectivity index (χ3n) is 2.98. The van der Waals surface area contributed by atoms with Crippen molar-refractivity contribution >= 4 is 29.1 Å². The van der Waals surface area contributed by atoms with Crippen LogP contribution in [0.1, 0.15) is 23.2 Å². The Kier molecular flexibility index (Phi) is 4.24. The molecule has 0 aromatic heterocycles. The molecule has 102 valence electrons. The van der Waals surface area contributed by atoms with E-state index in [1.807, 2.05) is 0 Å². The number of rotatable bonds is 4. The number of hydrogen-bond donors (Lipinski definition) is 4. The summed E-state index contributed by atoms with van der Waals surface area (Å²) in [6.07, 6.45) is 1.24. The Bertz CT molecular complexity index is 507. The fourth-order valence-electron chi connectivity index (χ4n) is 1.97. The minimum Gasteiger partial charge on any atom is -0.352 e. The first kappa shape index (κ1) is 13.6. The maximum Gasteiger partial charge on any atom is 0.253 e. The van der Waals surface area contributed by atoms with Crippen LogP contribution in [-0.4, -0.2) is 24.4 Å². The van der Waals surface area contributed by atoms with Crippen LogP contribution in [0.2, 0.25) is 5.02 Å². The molecular formula is C12H15ClN4O2. The molecule has 5 N–H and O–H groups in total. The highest BCUT2D eigenvalue weighted by Gasteiger charge is 2.21. The van der Waals surface area contributed by atoms with Gasteiger partial charge in [0.25, 0.3) is 5.91 Å². The van der Waals surface area contributed by atoms with E-state index in [2.05, 4.69) is 16.1 Å². The van der Waals surface area contributed by atoms with E-state index in [4.69, 9.17) is 17.4 Å². The summed E-state index contributed by atoms with van der Waals surface area (Å²) < 4.78 is 0. The minimum atomic E-state index is -0.281. The minimum absolute atomic E-state index is 0.00933. The van der Waals surface area contributed by atoms with Gasteiger partial charge in [0.15, 0.2) is 0 Å². The normalized spacial score (nSPS) is 18.0. The van der Waals surface area contributed by atoms with Crippen LogP contribution in [0.15, 0.2) is 18.2 Å². The number of hydrazine groups is 1. The second kappa shape index (κ2) is 5.90. The summed E-state index contributed by atoms with van der Waals surface area (Å²) in [5.74, 6) is 5.08. The van der Waals surface area contributed by atoms with Crippen LogP contribution in [0.5, 0.6) is 0 Å². The van der Waals surface area contributed by atoms with Gasteiger partial charge in [-0.1, -0.05) is 11.6 Å². The van der Waals surface area contributed by atoms with Crippen LogP contribution in [0.4, 0.5) is 5.69 Å². The predicted octanol–water partition coefficient (Wildman–Crippen LogP) is 0.634. The Balaban J connectivity index is 1.99. The summed E-state index contributed by atoms with van der Waals surface area (Å²) in [6, 6.07) is 4.81. The summed E-state index contributed by atoms with van der Waals surface area (Å²) in [5.41, 5.74) is 3.32. The molecule has 2 amide bonds. The highest BCUT2D eigenvalue weighted by molar-refractivity contribution is 6.31. The van der Waals surface area contributed by atoms with Crippen molar-refractivity contribution in [2.75, 3.05) is 12.0 Å². The third-order valence-corrected chi connectivity index (χ3v) is 3.21. The molecule has 0 bridgehead atoms. The van der Waals surface area contributed by atoms with Crippen LogP contribution in [0.3, 0.4) is 0 Å². The molecule has 1 aromatic carbocycles. The van der Waals surface area contributed by atoms with Gasteiger partial charge in [-0.25, -0.2) is 0 Å². The highest BCUT2D eigenvalue weighted by atomic mass is 35.5. The summed E-state index contributed by atoms with van der Waals surface area (Å²) in [7, 11) is 0. The number of nitrogens with one attached hydrogen (secondary N) is 3. The Morgan fingerprint density at radius 1 is 1.53 bits per heavy atom. The zero-order valence-corrected chi connectivity index (χ0v) is 11.0. The van der Waals surface area contributed by atoms with E-state index in [0.29, 0.717) is 29.2 Å². The van der Waals surface area contributed by atoms with Crippen molar-refractivity contribution in [3.8, 4) is 0 Å². The lowest BCUT2D eigenvalue weighted by molar-refractivity contribution is -0.119. The number of halogens is 1. The molecule has 1 aliphatic rings. The molecule has 1 saturated heterocycles. The summed E-state index contributed by atoms with van der Waals surface area (Å²) in [6.45, 7) is 0.390. The zero-order chi connectivity index (χ0) is 13.8. The zero-order valence-electron chi connectivity index (χ0n) is 10.2. The van der Waals surface area contributed by atoms with E-state index >= 15 is 0 Å². The number of hydrogen-bond acceptors (Lipinski definition) is 4. The van der Waals surface area contributed by atoms with E-state index < -0.39 is 0 Å². The molecule has 0 radical (unpaired) electrons. The fourth-order valence-corrected chi connectivity index (χ4v) is 2.14. The van der Waals surface area contributed by atoms with Crippen molar-refractivity contribution in [3.05, 3.63) is 28.8 Å². The van der Waals surface area contributed by atoms with Crippen molar-refractivity contribution in [1.29, 1.82) is 0 Å². The molecule has 1 aliphatic heterocycles. The van der Waals surface area contributed by atoms with Crippen LogP contribution in [0.25, 0.3) is 0 Å². The van der Waals surface area contributed by atoms with E-state index in [0.717, 1.165) is 6.42 Å². The molecule has 2 rings (SSSR count). The Morgan fingerprint density at radius 2 is 2.32 bits per heavy atom. The van der Waals surface area contributed by atoms with Gasteiger partial charge < -0.3 is 16.1 Å². The number of nitrogens with two attached hydrogens (primary N) is 1. The number of benzene rings is 1. The molecule has 7 heteroatoms. The van der Waals surface area contributed by atoms with E-state index in [1.54, 1.807) is 18.2 Å². The molecule has 1 heterocycles. The lowest BCUT2D eigenvalue weighted by Gasteiger charge is -2.13. The second-order valence-corrected chi connectivity index (χ2v) is 4.78. The standard InChI is InChI=1S/C12H15ClN4O2/c13-7-1-3-10(17-14)9(5-7)12(19)15-6-8-2-4-11(18)16-8/h1,3,5,8,17H,2,4,6,14H2,(H,15,19)(H,16,18). The molecule has 6 nitrogen and oxygen atoms in total. The molecule has 19 heavy (non-hydrogen) atoms. The monoisotopic (exact) mass is 282 g/mol. The summed E-state index contributed by atoms with van der Waals surface area (Å²) in [4.78, 5) is 23.1. The van der Waals surface area contributed by atoms with E-state index in [1.165, 1.54) is 0 Å². The third kappa shape index (κ3) is 3.36. The SMILES string of the molecule is NNc1ccc(Cl)cc1C(=O)NCC1CCC(=O)N1. The van der Waals surface area contributed by atoms with E-state index in [-0.39, 0.29) is 17.9 Å². The molecule has 1 aromatic rings. The van der Waals surface area contributed by atoms with Crippen molar-refractivity contribution in [1.82, 2.24) is 10.6 Å². The van der Waals surface area contributed by atoms with Gasteiger partial charge in [0.2, 0.25) is 5.91 Å². The number of carbonyl (C=O) groups is 2. The maximum atomic E-state index is 12.0. The number of amides is 2. The molecule has 1 fully saturated rings. The molecule has 0 spiro atoms. The lowest BCUT2D eigenvalue weighted by Crippen LogP contribution is -2.38. The first-order chi connectivity index (χ1) is 9.10. The number of nitrogen functional groups attached to an aromatic ring is 1. The predicted molar refractivity (Wildman–Crippen MR) is 72.8 cm³/mol. The highest BCUT2D eigenvalue weighted by Crippen LogP contribution is 2.19. The number of carbonyl (C=O) groups excluding carboxylic acids is 2. The maximum absolute atomic E-state index is 12.0. The van der Waals surface area contributed by atoms with Crippen molar-refractivity contribution in [2.24, 2.45) is 5.84 Å². The molecule has 0 aliphatic carbocycles. The first-order valence-electron chi connectivity index (χ1n) is 5.94. The van der Waals surface area contributed by atoms with Gasteiger partial charge in [-0.05, 0) is 24.6 Å². The van der Waals surface area contributed by atoms with Gasteiger partial charge in [-0.2, -0.15) is 0 Å². The molecular weight excluding hydrogens is 268 g/mol. The lowest BCUT2D eigenvalue weighted by atomic mass is 10.1. The topological polar surface area (TPSA) is 96.2 Å². The Hall–Kier alpha value is -1.79. The largest absolute Gasteiger partial charge is 0.352 e. The smallest absolute Gasteiger partial charge is 0.253 e. The van der Waals surface area contributed by atoms with Gasteiger partial charge in [-0.3, -0.25) is 15.4 Å². The van der Waals surface area contributed by atoms with Gasteiger partial charge in [0, 0.05) is 24.0 Å². The quantitative estimate of drug-likeness (QED) is 0.481. The van der Waals surface area contributed by atoms with Crippen molar-refractivity contribution in [2.45, 2.75) is 18.9 Å². The van der Waals surface area contributed by atoms with Crippen LogP contribution in [-0.2, 0) is 4.79 Å². The molecule has 1 unspecified atom stereocenters. The molecule has 1 atom stereocenters. The summed E-state index contributed by atoms with van der Waals surface area (Å²) in [5, 5.41) is 5.99. The first-order valence-corrected chi connectivity index (χ1v) is 6.31. The molecule has 0 saturated carbocycles. The van der Waals surface area contributed by atoms with E-state index in [9.17, 15) is 9.59 Å². The van der Waals surface area contributed by atoms with Gasteiger partial charge in [-0.15, -0.1) is 0 Å². The van der Waals surface area contributed by atoms with Crippen LogP contribution >= 0.6 is 11.6 Å². The van der Waals surface area contributed by atoms with Gasteiger partial charge in [0.05, 0.1) is 11.3 Å². The number of anilines is 1. The van der Waals surface area contributed by atoms with Gasteiger partial charge >= 0.3 is 0 Å². The average molecular weight is 283 g/mol. The Morgan fingerprint density at radius 3 is 2.95 bits per heavy atom. The van der Waals surface area contributed by atoms with Crippen LogP contribution in [0, 0.1) is 0 Å². The van der Waals surface area contributed by atoms with Crippen molar-refractivity contribution in [3.63, 3.8) is 0 Å². The fraction of sp³-hybridized carbons (Fsp3) is 0.333. The van der Waals surface area contributed by atoms with Gasteiger partial charge in [0.1, 0.15) is 0 Å². The Labute approximate surface area is 115 Å². The summed E-state index contributed by atoms with van der Waals surface area (Å²) >= 11 is 5.86.